The van der Waals surface area contributed by atoms with Crippen molar-refractivity contribution < 1.29 is 0 Å². The zero-order valence-electron chi connectivity index (χ0n) is 5.37. The minimum atomic E-state index is 0.559. The van der Waals surface area contributed by atoms with Crippen LogP contribution in [0, 0.1) is 0 Å². The van der Waals surface area contributed by atoms with Crippen molar-refractivity contribution in [2.75, 3.05) is 18.4 Å². The number of hydrogen-bond acceptors (Lipinski definition) is 5. The fourth-order valence-electron chi connectivity index (χ4n) is 0.828. The summed E-state index contributed by atoms with van der Waals surface area (Å²) in [4.78, 5) is 0. The third-order valence-electron chi connectivity index (χ3n) is 1.49. The van der Waals surface area contributed by atoms with Crippen molar-refractivity contribution in [1.82, 2.24) is 14.1 Å². The normalized spacial score (nSPS) is 18.4. The first-order valence-electron chi connectivity index (χ1n) is 3.20. The van der Waals surface area contributed by atoms with Gasteiger partial charge < -0.3 is 10.6 Å². The minimum absolute atomic E-state index is 0.559. The third kappa shape index (κ3) is 1.10. The van der Waals surface area contributed by atoms with Gasteiger partial charge in [-0.3, -0.25) is 0 Å². The van der Waals surface area contributed by atoms with E-state index in [4.69, 9.17) is 0 Å². The van der Waals surface area contributed by atoms with E-state index in [1.165, 1.54) is 11.7 Å². The molecule has 0 atom stereocenters. The summed E-state index contributed by atoms with van der Waals surface area (Å²) in [5, 5.41) is 6.40. The van der Waals surface area contributed by atoms with Crippen LogP contribution in [0.15, 0.2) is 6.20 Å². The fraction of sp³-hybridized carbons (Fsp3) is 0.600. The van der Waals surface area contributed by atoms with Crippen LogP contribution in [0.25, 0.3) is 0 Å². The van der Waals surface area contributed by atoms with E-state index in [1.54, 1.807) is 6.20 Å². The molecule has 2 rings (SSSR count). The quantitative estimate of drug-likeness (QED) is 0.629. The highest BCUT2D eigenvalue weighted by molar-refractivity contribution is 6.99. The molecular formula is C5H8N4S. The summed E-state index contributed by atoms with van der Waals surface area (Å²) in [6.07, 6.45) is 1.75. The first-order valence-corrected chi connectivity index (χ1v) is 3.93. The number of nitrogens with one attached hydrogen (secondary N) is 2. The van der Waals surface area contributed by atoms with E-state index in [0.717, 1.165) is 18.9 Å². The Bertz CT molecular complexity index is 193. The molecule has 1 saturated heterocycles. The van der Waals surface area contributed by atoms with Crippen molar-refractivity contribution >= 4 is 17.5 Å². The Morgan fingerprint density at radius 2 is 2.60 bits per heavy atom. The number of anilines is 1. The van der Waals surface area contributed by atoms with Crippen LogP contribution in [0.2, 0.25) is 0 Å². The van der Waals surface area contributed by atoms with E-state index >= 15 is 0 Å². The van der Waals surface area contributed by atoms with Crippen molar-refractivity contribution in [2.24, 2.45) is 0 Å². The van der Waals surface area contributed by atoms with E-state index in [2.05, 4.69) is 19.4 Å². The van der Waals surface area contributed by atoms with Crippen molar-refractivity contribution in [2.45, 2.75) is 6.04 Å². The Kier molecular flexibility index (Phi) is 1.52. The van der Waals surface area contributed by atoms with Gasteiger partial charge in [0, 0.05) is 13.1 Å². The zero-order chi connectivity index (χ0) is 6.81. The molecule has 2 N–H and O–H groups in total. The first kappa shape index (κ1) is 6.06. The van der Waals surface area contributed by atoms with E-state index < -0.39 is 0 Å². The van der Waals surface area contributed by atoms with Crippen LogP contribution >= 0.6 is 11.7 Å². The molecule has 0 saturated carbocycles. The highest BCUT2D eigenvalue weighted by atomic mass is 32.1. The van der Waals surface area contributed by atoms with Gasteiger partial charge in [0.1, 0.15) is 0 Å². The molecule has 0 aliphatic carbocycles. The molecule has 5 heteroatoms. The molecular weight excluding hydrogens is 148 g/mol. The third-order valence-corrected chi connectivity index (χ3v) is 1.97. The molecule has 0 unspecified atom stereocenters. The summed E-state index contributed by atoms with van der Waals surface area (Å²) in [5.41, 5.74) is 0. The molecule has 1 fully saturated rings. The van der Waals surface area contributed by atoms with Crippen molar-refractivity contribution in [3.8, 4) is 0 Å². The number of nitrogens with zero attached hydrogens (tertiary/aromatic N) is 2. The van der Waals surface area contributed by atoms with Crippen LogP contribution < -0.4 is 10.6 Å². The zero-order valence-corrected chi connectivity index (χ0v) is 6.19. The van der Waals surface area contributed by atoms with E-state index in [0.29, 0.717) is 6.04 Å². The Balaban J connectivity index is 1.90. The molecule has 10 heavy (non-hydrogen) atoms. The summed E-state index contributed by atoms with van der Waals surface area (Å²) in [6.45, 7) is 2.08. The second-order valence-corrected chi connectivity index (χ2v) is 2.85. The van der Waals surface area contributed by atoms with E-state index in [-0.39, 0.29) is 0 Å². The summed E-state index contributed by atoms with van der Waals surface area (Å²) >= 11 is 1.23. The van der Waals surface area contributed by atoms with Crippen LogP contribution in [0.1, 0.15) is 0 Å². The van der Waals surface area contributed by atoms with Crippen molar-refractivity contribution in [1.29, 1.82) is 0 Å². The van der Waals surface area contributed by atoms with Gasteiger partial charge in [-0.05, 0) is 0 Å². The molecule has 4 nitrogen and oxygen atoms in total. The van der Waals surface area contributed by atoms with Gasteiger partial charge >= 0.3 is 0 Å². The Hall–Kier alpha value is -0.680. The molecule has 1 aromatic heterocycles. The molecule has 0 amide bonds. The lowest BCUT2D eigenvalue weighted by Crippen LogP contribution is -2.51. The average molecular weight is 156 g/mol. The van der Waals surface area contributed by atoms with Gasteiger partial charge in [-0.2, -0.15) is 8.75 Å². The largest absolute Gasteiger partial charge is 0.363 e. The smallest absolute Gasteiger partial charge is 0.160 e. The number of rotatable bonds is 2. The van der Waals surface area contributed by atoms with Gasteiger partial charge in [0.2, 0.25) is 0 Å². The van der Waals surface area contributed by atoms with Gasteiger partial charge in [0.05, 0.1) is 24.0 Å². The molecule has 54 valence electrons. The van der Waals surface area contributed by atoms with Gasteiger partial charge in [0.25, 0.3) is 0 Å². The van der Waals surface area contributed by atoms with Gasteiger partial charge in [-0.1, -0.05) is 0 Å². The average Bonchev–Trinajstić information content (AvgIpc) is 2.29. The van der Waals surface area contributed by atoms with E-state index in [9.17, 15) is 0 Å². The number of aromatic nitrogens is 2. The maximum Gasteiger partial charge on any atom is 0.160 e. The molecule has 0 bridgehead atoms. The van der Waals surface area contributed by atoms with Gasteiger partial charge in [-0.15, -0.1) is 0 Å². The fourth-order valence-corrected chi connectivity index (χ4v) is 1.21. The summed E-state index contributed by atoms with van der Waals surface area (Å²) in [7, 11) is 0. The lowest BCUT2D eigenvalue weighted by atomic mass is 10.2. The van der Waals surface area contributed by atoms with Crippen LogP contribution in [0.3, 0.4) is 0 Å². The Labute approximate surface area is 63.0 Å². The van der Waals surface area contributed by atoms with Crippen molar-refractivity contribution in [3.05, 3.63) is 6.20 Å². The van der Waals surface area contributed by atoms with Crippen LogP contribution in [0.4, 0.5) is 5.82 Å². The molecule has 0 spiro atoms. The second kappa shape index (κ2) is 2.51. The Morgan fingerprint density at radius 1 is 1.70 bits per heavy atom. The van der Waals surface area contributed by atoms with Crippen LogP contribution in [-0.4, -0.2) is 27.9 Å². The van der Waals surface area contributed by atoms with Gasteiger partial charge in [-0.25, -0.2) is 0 Å². The highest BCUT2D eigenvalue weighted by Gasteiger charge is 2.16. The van der Waals surface area contributed by atoms with Crippen LogP contribution in [0.5, 0.6) is 0 Å². The lowest BCUT2D eigenvalue weighted by Gasteiger charge is -2.27. The lowest BCUT2D eigenvalue weighted by molar-refractivity contribution is 0.471. The minimum Gasteiger partial charge on any atom is -0.363 e. The van der Waals surface area contributed by atoms with E-state index in [1.807, 2.05) is 0 Å². The van der Waals surface area contributed by atoms with Crippen LogP contribution in [-0.2, 0) is 0 Å². The first-order chi connectivity index (χ1) is 4.95. The second-order valence-electron chi connectivity index (χ2n) is 2.29. The topological polar surface area (TPSA) is 49.8 Å². The number of hydrogen-bond donors (Lipinski definition) is 2. The summed E-state index contributed by atoms with van der Waals surface area (Å²) in [5.74, 6) is 0.900. The molecule has 1 aromatic rings. The van der Waals surface area contributed by atoms with Gasteiger partial charge in [0.15, 0.2) is 5.82 Å². The molecule has 0 aromatic carbocycles. The predicted octanol–water partition coefficient (Wildman–Crippen LogP) is -0.0782. The molecule has 0 radical (unpaired) electrons. The predicted molar refractivity (Wildman–Crippen MR) is 40.2 cm³/mol. The highest BCUT2D eigenvalue weighted by Crippen LogP contribution is 2.05. The SMILES string of the molecule is c1nsnc1NC1CNC1. The summed E-state index contributed by atoms with van der Waals surface area (Å²) in [6, 6.07) is 0.559. The maximum atomic E-state index is 4.03. The molecule has 2 heterocycles. The Morgan fingerprint density at radius 3 is 3.10 bits per heavy atom. The standard InChI is InChI=1S/C5H8N4S/c1-4(2-6-1)8-5-3-7-10-9-5/h3-4,6H,1-2H2,(H,8,9). The maximum absolute atomic E-state index is 4.03. The molecule has 1 aliphatic rings. The summed E-state index contributed by atoms with van der Waals surface area (Å²) < 4.78 is 7.91. The van der Waals surface area contributed by atoms with Crippen molar-refractivity contribution in [3.63, 3.8) is 0 Å². The molecule has 1 aliphatic heterocycles. The monoisotopic (exact) mass is 156 g/mol.